The van der Waals surface area contributed by atoms with E-state index in [9.17, 15) is 0 Å². The van der Waals surface area contributed by atoms with Crippen molar-refractivity contribution in [2.45, 2.75) is 64.8 Å². The largest absolute Gasteiger partial charge is 0.445 e. The molecule has 1 saturated carbocycles. The Balaban J connectivity index is 1.86. The minimum absolute atomic E-state index is 0.162. The number of rotatable bonds is 4. The van der Waals surface area contributed by atoms with Crippen LogP contribution in [0.15, 0.2) is 10.6 Å². The summed E-state index contributed by atoms with van der Waals surface area (Å²) in [4.78, 5) is 4.41. The maximum absolute atomic E-state index is 5.90. The van der Waals surface area contributed by atoms with E-state index in [2.05, 4.69) is 38.0 Å². The van der Waals surface area contributed by atoms with Crippen LogP contribution >= 0.6 is 0 Å². The quantitative estimate of drug-likeness (QED) is 0.888. The van der Waals surface area contributed by atoms with Gasteiger partial charge in [-0.3, -0.25) is 0 Å². The van der Waals surface area contributed by atoms with Crippen LogP contribution in [0.5, 0.6) is 0 Å². The molecule has 0 spiro atoms. The van der Waals surface area contributed by atoms with Crippen molar-refractivity contribution < 1.29 is 4.42 Å². The molecule has 2 atom stereocenters. The van der Waals surface area contributed by atoms with Gasteiger partial charge in [0.25, 0.3) is 0 Å². The topological polar surface area (TPSA) is 38.1 Å². The van der Waals surface area contributed by atoms with Crippen molar-refractivity contribution in [3.05, 3.63) is 17.8 Å². The molecule has 2 rings (SSSR count). The third-order valence-electron chi connectivity index (χ3n) is 3.79. The number of aromatic nitrogens is 1. The summed E-state index contributed by atoms with van der Waals surface area (Å²) in [7, 11) is 0. The highest BCUT2D eigenvalue weighted by Gasteiger charge is 2.27. The molecule has 3 nitrogen and oxygen atoms in total. The van der Waals surface area contributed by atoms with Crippen molar-refractivity contribution >= 4 is 0 Å². The molecule has 0 amide bonds. The first kappa shape index (κ1) is 13.6. The molecule has 1 N–H and O–H groups in total. The van der Waals surface area contributed by atoms with Gasteiger partial charge in [-0.1, -0.05) is 13.3 Å². The van der Waals surface area contributed by atoms with Gasteiger partial charge in [0.05, 0.1) is 6.20 Å². The minimum Gasteiger partial charge on any atom is -0.445 e. The molecule has 1 fully saturated rings. The van der Waals surface area contributed by atoms with Gasteiger partial charge in [-0.2, -0.15) is 0 Å². The third kappa shape index (κ3) is 3.58. The highest BCUT2D eigenvalue weighted by Crippen LogP contribution is 2.39. The predicted octanol–water partition coefficient (Wildman–Crippen LogP) is 3.51. The van der Waals surface area contributed by atoms with Crippen LogP contribution in [0.1, 0.15) is 64.5 Å². The van der Waals surface area contributed by atoms with Crippen molar-refractivity contribution in [1.82, 2.24) is 10.3 Å². The second-order valence-corrected chi connectivity index (χ2v) is 6.60. The van der Waals surface area contributed by atoms with Crippen LogP contribution in [-0.2, 0) is 6.42 Å². The minimum atomic E-state index is 0.162. The van der Waals surface area contributed by atoms with Crippen molar-refractivity contribution in [2.24, 2.45) is 5.92 Å². The van der Waals surface area contributed by atoms with Crippen LogP contribution < -0.4 is 5.32 Å². The first-order valence-electron chi connectivity index (χ1n) is 7.15. The fourth-order valence-electron chi connectivity index (χ4n) is 2.72. The van der Waals surface area contributed by atoms with E-state index >= 15 is 0 Å². The van der Waals surface area contributed by atoms with Gasteiger partial charge in [0.2, 0.25) is 0 Å². The van der Waals surface area contributed by atoms with Crippen molar-refractivity contribution in [1.29, 1.82) is 0 Å². The molecule has 1 heterocycles. The SMILES string of the molecule is CC1CCCC1c1cnc(CCNC(C)(C)C)o1. The van der Waals surface area contributed by atoms with Crippen LogP contribution in [0.2, 0.25) is 0 Å². The third-order valence-corrected chi connectivity index (χ3v) is 3.79. The summed E-state index contributed by atoms with van der Waals surface area (Å²) in [5.41, 5.74) is 0.162. The normalized spacial score (nSPS) is 24.7. The van der Waals surface area contributed by atoms with Crippen molar-refractivity contribution in [2.75, 3.05) is 6.54 Å². The molecule has 102 valence electrons. The molecule has 2 unspecified atom stereocenters. The molecule has 1 aliphatic carbocycles. The van der Waals surface area contributed by atoms with Gasteiger partial charge in [-0.25, -0.2) is 4.98 Å². The molecule has 0 bridgehead atoms. The monoisotopic (exact) mass is 250 g/mol. The van der Waals surface area contributed by atoms with Gasteiger partial charge < -0.3 is 9.73 Å². The van der Waals surface area contributed by atoms with Gasteiger partial charge in [0.1, 0.15) is 5.76 Å². The molecule has 1 aromatic rings. The first-order valence-corrected chi connectivity index (χ1v) is 7.15. The van der Waals surface area contributed by atoms with Gasteiger partial charge in [0, 0.05) is 24.4 Å². The predicted molar refractivity (Wildman–Crippen MR) is 73.7 cm³/mol. The number of nitrogens with one attached hydrogen (secondary N) is 1. The van der Waals surface area contributed by atoms with Crippen LogP contribution in [0, 0.1) is 5.92 Å². The maximum atomic E-state index is 5.90. The highest BCUT2D eigenvalue weighted by molar-refractivity contribution is 5.06. The number of hydrogen-bond donors (Lipinski definition) is 1. The second-order valence-electron chi connectivity index (χ2n) is 6.60. The molecule has 18 heavy (non-hydrogen) atoms. The zero-order valence-corrected chi connectivity index (χ0v) is 12.1. The van der Waals surface area contributed by atoms with Crippen LogP contribution in [0.3, 0.4) is 0 Å². The molecule has 0 aliphatic heterocycles. The van der Waals surface area contributed by atoms with Gasteiger partial charge in [-0.05, 0) is 39.5 Å². The summed E-state index contributed by atoms with van der Waals surface area (Å²) in [5.74, 6) is 3.33. The fraction of sp³-hybridized carbons (Fsp3) is 0.800. The molecular weight excluding hydrogens is 224 g/mol. The molecule has 1 aromatic heterocycles. The summed E-state index contributed by atoms with van der Waals surface area (Å²) in [6.07, 6.45) is 6.73. The Kier molecular flexibility index (Phi) is 4.10. The smallest absolute Gasteiger partial charge is 0.195 e. The molecule has 1 aliphatic rings. The van der Waals surface area contributed by atoms with Crippen LogP contribution in [0.4, 0.5) is 0 Å². The summed E-state index contributed by atoms with van der Waals surface area (Å²) in [6, 6.07) is 0. The van der Waals surface area contributed by atoms with Gasteiger partial charge >= 0.3 is 0 Å². The summed E-state index contributed by atoms with van der Waals surface area (Å²) >= 11 is 0. The zero-order chi connectivity index (χ0) is 13.2. The fourth-order valence-corrected chi connectivity index (χ4v) is 2.72. The molecule has 3 heteroatoms. The van der Waals surface area contributed by atoms with E-state index in [1.165, 1.54) is 19.3 Å². The van der Waals surface area contributed by atoms with Gasteiger partial charge in [-0.15, -0.1) is 0 Å². The average Bonchev–Trinajstić information content (AvgIpc) is 2.84. The Morgan fingerprint density at radius 1 is 1.39 bits per heavy atom. The second kappa shape index (κ2) is 5.43. The van der Waals surface area contributed by atoms with Crippen molar-refractivity contribution in [3.8, 4) is 0 Å². The van der Waals surface area contributed by atoms with E-state index in [-0.39, 0.29) is 5.54 Å². The summed E-state index contributed by atoms with van der Waals surface area (Å²) < 4.78 is 5.90. The lowest BCUT2D eigenvalue weighted by Gasteiger charge is -2.19. The standard InChI is InChI=1S/C15H26N2O/c1-11-6-5-7-12(11)13-10-16-14(18-13)8-9-17-15(2,3)4/h10-12,17H,5-9H2,1-4H3. The molecular formula is C15H26N2O. The number of oxazole rings is 1. The van der Waals surface area contributed by atoms with Gasteiger partial charge in [0.15, 0.2) is 5.89 Å². The summed E-state index contributed by atoms with van der Waals surface area (Å²) in [5, 5.41) is 3.46. The van der Waals surface area contributed by atoms with E-state index in [1.54, 1.807) is 0 Å². The Hall–Kier alpha value is -0.830. The van der Waals surface area contributed by atoms with E-state index in [0.717, 1.165) is 30.5 Å². The number of nitrogens with zero attached hydrogens (tertiary/aromatic N) is 1. The number of hydrogen-bond acceptors (Lipinski definition) is 3. The Labute approximate surface area is 110 Å². The lowest BCUT2D eigenvalue weighted by Crippen LogP contribution is -2.37. The zero-order valence-electron chi connectivity index (χ0n) is 12.1. The lowest BCUT2D eigenvalue weighted by molar-refractivity contribution is 0.374. The van der Waals surface area contributed by atoms with Crippen LogP contribution in [-0.4, -0.2) is 17.1 Å². The Bertz CT molecular complexity index is 378. The van der Waals surface area contributed by atoms with Crippen LogP contribution in [0.25, 0.3) is 0 Å². The Morgan fingerprint density at radius 2 is 2.17 bits per heavy atom. The Morgan fingerprint density at radius 3 is 2.78 bits per heavy atom. The van der Waals surface area contributed by atoms with E-state index in [4.69, 9.17) is 4.42 Å². The summed E-state index contributed by atoms with van der Waals surface area (Å²) in [6.45, 7) is 9.77. The molecule has 0 radical (unpaired) electrons. The molecule has 0 saturated heterocycles. The van der Waals surface area contributed by atoms with E-state index in [0.29, 0.717) is 5.92 Å². The van der Waals surface area contributed by atoms with E-state index in [1.807, 2.05) is 6.20 Å². The lowest BCUT2D eigenvalue weighted by atomic mass is 9.96. The maximum Gasteiger partial charge on any atom is 0.195 e. The highest BCUT2D eigenvalue weighted by atomic mass is 16.4. The van der Waals surface area contributed by atoms with Crippen molar-refractivity contribution in [3.63, 3.8) is 0 Å². The first-order chi connectivity index (χ1) is 8.46. The van der Waals surface area contributed by atoms with E-state index < -0.39 is 0 Å². The average molecular weight is 250 g/mol. The molecule has 0 aromatic carbocycles.